The van der Waals surface area contributed by atoms with Crippen molar-refractivity contribution in [1.29, 1.82) is 0 Å². The standard InChI is InChI=1S/C14H29NS2/c1-5-7-8-9-13(15-6-2)14-10-16-11(3)12(4)17-14/h11-15H,5-10H2,1-4H3. The quantitative estimate of drug-likeness (QED) is 0.700. The summed E-state index contributed by atoms with van der Waals surface area (Å²) in [5.41, 5.74) is 0. The maximum absolute atomic E-state index is 3.71. The first-order valence-electron chi connectivity index (χ1n) is 7.19. The van der Waals surface area contributed by atoms with E-state index >= 15 is 0 Å². The van der Waals surface area contributed by atoms with Gasteiger partial charge in [0.2, 0.25) is 0 Å². The molecule has 1 saturated heterocycles. The molecule has 0 aromatic heterocycles. The van der Waals surface area contributed by atoms with Crippen LogP contribution in [0.1, 0.15) is 53.4 Å². The van der Waals surface area contributed by atoms with E-state index in [1.165, 1.54) is 31.4 Å². The highest BCUT2D eigenvalue weighted by atomic mass is 32.2. The summed E-state index contributed by atoms with van der Waals surface area (Å²) >= 11 is 4.38. The second kappa shape index (κ2) is 8.71. The van der Waals surface area contributed by atoms with Gasteiger partial charge in [0.15, 0.2) is 0 Å². The third-order valence-electron chi connectivity index (χ3n) is 3.61. The third kappa shape index (κ3) is 5.44. The van der Waals surface area contributed by atoms with Crippen LogP contribution in [-0.4, -0.2) is 34.1 Å². The summed E-state index contributed by atoms with van der Waals surface area (Å²) in [5, 5.41) is 6.17. The predicted molar refractivity (Wildman–Crippen MR) is 84.4 cm³/mol. The van der Waals surface area contributed by atoms with Crippen molar-refractivity contribution in [1.82, 2.24) is 5.32 Å². The monoisotopic (exact) mass is 275 g/mol. The zero-order valence-electron chi connectivity index (χ0n) is 11.9. The molecule has 4 atom stereocenters. The van der Waals surface area contributed by atoms with Gasteiger partial charge in [-0.15, -0.1) is 0 Å². The number of rotatable bonds is 7. The summed E-state index contributed by atoms with van der Waals surface area (Å²) in [6.07, 6.45) is 5.47. The molecule has 0 radical (unpaired) electrons. The van der Waals surface area contributed by atoms with Crippen LogP contribution >= 0.6 is 23.5 Å². The van der Waals surface area contributed by atoms with Crippen LogP contribution in [0.3, 0.4) is 0 Å². The van der Waals surface area contributed by atoms with E-state index in [0.717, 1.165) is 28.3 Å². The van der Waals surface area contributed by atoms with E-state index in [1.807, 2.05) is 0 Å². The molecule has 1 heterocycles. The SMILES string of the molecule is CCCCCC(NCC)C1CSC(C)C(C)S1. The topological polar surface area (TPSA) is 12.0 Å². The summed E-state index contributed by atoms with van der Waals surface area (Å²) in [6, 6.07) is 0.735. The normalized spacial score (nSPS) is 31.4. The maximum atomic E-state index is 3.71. The van der Waals surface area contributed by atoms with Gasteiger partial charge >= 0.3 is 0 Å². The van der Waals surface area contributed by atoms with E-state index in [2.05, 4.69) is 56.5 Å². The Morgan fingerprint density at radius 2 is 1.94 bits per heavy atom. The van der Waals surface area contributed by atoms with Gasteiger partial charge in [0.05, 0.1) is 0 Å². The fourth-order valence-electron chi connectivity index (χ4n) is 2.31. The molecule has 0 bridgehead atoms. The van der Waals surface area contributed by atoms with Gasteiger partial charge in [0, 0.05) is 27.5 Å². The fourth-order valence-corrected chi connectivity index (χ4v) is 5.48. The average molecular weight is 276 g/mol. The van der Waals surface area contributed by atoms with Gasteiger partial charge in [-0.05, 0) is 13.0 Å². The number of thioether (sulfide) groups is 2. The Hall–Kier alpha value is 0.660. The van der Waals surface area contributed by atoms with Crippen molar-refractivity contribution in [3.63, 3.8) is 0 Å². The molecular weight excluding hydrogens is 246 g/mol. The van der Waals surface area contributed by atoms with Crippen molar-refractivity contribution < 1.29 is 0 Å². The van der Waals surface area contributed by atoms with Crippen molar-refractivity contribution >= 4 is 23.5 Å². The van der Waals surface area contributed by atoms with E-state index in [1.54, 1.807) is 0 Å². The molecule has 1 N–H and O–H groups in total. The lowest BCUT2D eigenvalue weighted by Gasteiger charge is -2.36. The minimum absolute atomic E-state index is 0.735. The van der Waals surface area contributed by atoms with Gasteiger partial charge in [-0.2, -0.15) is 23.5 Å². The Balaban J connectivity index is 2.40. The second-order valence-electron chi connectivity index (χ2n) is 5.08. The lowest BCUT2D eigenvalue weighted by molar-refractivity contribution is 0.466. The van der Waals surface area contributed by atoms with E-state index in [4.69, 9.17) is 0 Å². The first-order valence-corrected chi connectivity index (χ1v) is 9.18. The van der Waals surface area contributed by atoms with Crippen LogP contribution in [0.4, 0.5) is 0 Å². The third-order valence-corrected chi connectivity index (χ3v) is 7.16. The van der Waals surface area contributed by atoms with Crippen LogP contribution in [-0.2, 0) is 0 Å². The summed E-state index contributed by atoms with van der Waals surface area (Å²) in [6.45, 7) is 10.4. The number of hydrogen-bond acceptors (Lipinski definition) is 3. The number of unbranched alkanes of at least 4 members (excludes halogenated alkanes) is 2. The first-order chi connectivity index (χ1) is 8.19. The Morgan fingerprint density at radius 3 is 2.53 bits per heavy atom. The minimum atomic E-state index is 0.735. The number of nitrogens with one attached hydrogen (secondary N) is 1. The molecule has 3 heteroatoms. The van der Waals surface area contributed by atoms with Crippen molar-refractivity contribution in [2.24, 2.45) is 0 Å². The minimum Gasteiger partial charge on any atom is -0.313 e. The van der Waals surface area contributed by atoms with E-state index < -0.39 is 0 Å². The Kier molecular flexibility index (Phi) is 8.05. The predicted octanol–water partition coefficient (Wildman–Crippen LogP) is 4.17. The molecule has 1 rings (SSSR count). The maximum Gasteiger partial charge on any atom is 0.0294 e. The molecule has 0 spiro atoms. The van der Waals surface area contributed by atoms with Crippen LogP contribution in [0, 0.1) is 0 Å². The molecule has 1 aliphatic heterocycles. The molecule has 0 aliphatic carbocycles. The highest BCUT2D eigenvalue weighted by Crippen LogP contribution is 2.37. The molecule has 1 fully saturated rings. The highest BCUT2D eigenvalue weighted by Gasteiger charge is 2.30. The van der Waals surface area contributed by atoms with E-state index in [9.17, 15) is 0 Å². The van der Waals surface area contributed by atoms with Gasteiger partial charge in [-0.25, -0.2) is 0 Å². The smallest absolute Gasteiger partial charge is 0.0294 e. The summed E-state index contributed by atoms with van der Waals surface area (Å²) in [5.74, 6) is 1.33. The van der Waals surface area contributed by atoms with Crippen molar-refractivity contribution in [3.8, 4) is 0 Å². The molecule has 0 aromatic rings. The molecule has 0 aromatic carbocycles. The molecule has 1 nitrogen and oxygen atoms in total. The molecule has 0 amide bonds. The Labute approximate surface area is 116 Å². The molecule has 102 valence electrons. The zero-order chi connectivity index (χ0) is 12.7. The van der Waals surface area contributed by atoms with Gasteiger partial charge in [-0.1, -0.05) is 47.0 Å². The Morgan fingerprint density at radius 1 is 1.18 bits per heavy atom. The van der Waals surface area contributed by atoms with Crippen LogP contribution in [0.25, 0.3) is 0 Å². The molecule has 17 heavy (non-hydrogen) atoms. The average Bonchev–Trinajstić information content (AvgIpc) is 2.32. The first kappa shape index (κ1) is 15.7. The van der Waals surface area contributed by atoms with Crippen LogP contribution in [0.5, 0.6) is 0 Å². The summed E-state index contributed by atoms with van der Waals surface area (Å²) in [4.78, 5) is 0. The van der Waals surface area contributed by atoms with E-state index in [0.29, 0.717) is 0 Å². The number of hydrogen-bond donors (Lipinski definition) is 1. The van der Waals surface area contributed by atoms with Crippen LogP contribution in [0.2, 0.25) is 0 Å². The largest absolute Gasteiger partial charge is 0.313 e. The lowest BCUT2D eigenvalue weighted by atomic mass is 10.1. The molecule has 0 saturated carbocycles. The second-order valence-corrected chi connectivity index (χ2v) is 8.11. The van der Waals surface area contributed by atoms with Crippen LogP contribution < -0.4 is 5.32 Å². The van der Waals surface area contributed by atoms with Crippen molar-refractivity contribution in [3.05, 3.63) is 0 Å². The van der Waals surface area contributed by atoms with Crippen LogP contribution in [0.15, 0.2) is 0 Å². The highest BCUT2D eigenvalue weighted by molar-refractivity contribution is 8.07. The molecule has 1 aliphatic rings. The van der Waals surface area contributed by atoms with Crippen molar-refractivity contribution in [2.75, 3.05) is 12.3 Å². The Bertz CT molecular complexity index is 199. The van der Waals surface area contributed by atoms with Gasteiger partial charge < -0.3 is 5.32 Å². The van der Waals surface area contributed by atoms with Gasteiger partial charge in [-0.3, -0.25) is 0 Å². The van der Waals surface area contributed by atoms with Gasteiger partial charge in [0.25, 0.3) is 0 Å². The summed E-state index contributed by atoms with van der Waals surface area (Å²) in [7, 11) is 0. The fraction of sp³-hybridized carbons (Fsp3) is 1.00. The van der Waals surface area contributed by atoms with Gasteiger partial charge in [0.1, 0.15) is 0 Å². The summed E-state index contributed by atoms with van der Waals surface area (Å²) < 4.78 is 0. The zero-order valence-corrected chi connectivity index (χ0v) is 13.5. The van der Waals surface area contributed by atoms with Crippen molar-refractivity contribution in [2.45, 2.75) is 75.2 Å². The van der Waals surface area contributed by atoms with E-state index in [-0.39, 0.29) is 0 Å². The molecular formula is C14H29NS2. The molecule has 4 unspecified atom stereocenters. The lowest BCUT2D eigenvalue weighted by Crippen LogP contribution is -2.43.